The van der Waals surface area contributed by atoms with Crippen molar-refractivity contribution in [2.45, 2.75) is 45.3 Å². The molecule has 1 aromatic carbocycles. The van der Waals surface area contributed by atoms with Crippen LogP contribution in [-0.4, -0.2) is 38.5 Å². The number of carboxylic acids is 1. The maximum atomic E-state index is 11.6. The van der Waals surface area contributed by atoms with Gasteiger partial charge in [0.2, 0.25) is 0 Å². The van der Waals surface area contributed by atoms with E-state index in [9.17, 15) is 14.7 Å². The van der Waals surface area contributed by atoms with E-state index in [0.29, 0.717) is 13.0 Å². The van der Waals surface area contributed by atoms with E-state index >= 15 is 0 Å². The standard InChI is InChI=1S/C18H23N3O3/c1-3-16(13(2)22)20-17(18(23)24)9-15-10-19-12-21(15)11-14-7-5-4-6-8-14/h4-8,10,12,16-17,20H,3,9,11H2,1-2H3,(H,23,24)/t16?,17-/m0/s1. The third-order valence-electron chi connectivity index (χ3n) is 4.01. The summed E-state index contributed by atoms with van der Waals surface area (Å²) in [5, 5.41) is 12.4. The third kappa shape index (κ3) is 4.76. The summed E-state index contributed by atoms with van der Waals surface area (Å²) in [6, 6.07) is 8.63. The first kappa shape index (κ1) is 17.9. The quantitative estimate of drug-likeness (QED) is 0.734. The van der Waals surface area contributed by atoms with Gasteiger partial charge in [-0.1, -0.05) is 37.3 Å². The molecule has 128 valence electrons. The lowest BCUT2D eigenvalue weighted by Crippen LogP contribution is -2.47. The fraction of sp³-hybridized carbons (Fsp3) is 0.389. The average molecular weight is 329 g/mol. The van der Waals surface area contributed by atoms with E-state index in [2.05, 4.69) is 10.3 Å². The van der Waals surface area contributed by atoms with Gasteiger partial charge in [-0.05, 0) is 18.9 Å². The van der Waals surface area contributed by atoms with Gasteiger partial charge in [-0.25, -0.2) is 4.98 Å². The van der Waals surface area contributed by atoms with Gasteiger partial charge in [-0.2, -0.15) is 0 Å². The number of nitrogens with zero attached hydrogens (tertiary/aromatic N) is 2. The molecule has 6 nitrogen and oxygen atoms in total. The lowest BCUT2D eigenvalue weighted by atomic mass is 10.1. The molecule has 0 saturated heterocycles. The van der Waals surface area contributed by atoms with Crippen molar-refractivity contribution in [1.82, 2.24) is 14.9 Å². The fourth-order valence-corrected chi connectivity index (χ4v) is 2.63. The number of aliphatic carboxylic acids is 1. The van der Waals surface area contributed by atoms with Crippen LogP contribution in [0.4, 0.5) is 0 Å². The topological polar surface area (TPSA) is 84.2 Å². The predicted octanol–water partition coefficient (Wildman–Crippen LogP) is 1.88. The Labute approximate surface area is 141 Å². The molecule has 0 aliphatic rings. The summed E-state index contributed by atoms with van der Waals surface area (Å²) < 4.78 is 1.93. The Hall–Kier alpha value is -2.47. The van der Waals surface area contributed by atoms with Gasteiger partial charge in [0.1, 0.15) is 11.8 Å². The number of benzene rings is 1. The van der Waals surface area contributed by atoms with Crippen LogP contribution in [0.5, 0.6) is 0 Å². The largest absolute Gasteiger partial charge is 0.480 e. The van der Waals surface area contributed by atoms with E-state index in [1.165, 1.54) is 6.92 Å². The number of carboxylic acid groups (broad SMARTS) is 1. The van der Waals surface area contributed by atoms with Crippen molar-refractivity contribution >= 4 is 11.8 Å². The SMILES string of the molecule is CCC(N[C@@H](Cc1cncn1Cc1ccccc1)C(=O)O)C(C)=O. The number of imidazole rings is 1. The van der Waals surface area contributed by atoms with Crippen LogP contribution >= 0.6 is 0 Å². The van der Waals surface area contributed by atoms with E-state index in [1.807, 2.05) is 41.8 Å². The fourth-order valence-electron chi connectivity index (χ4n) is 2.63. The van der Waals surface area contributed by atoms with Gasteiger partial charge in [-0.15, -0.1) is 0 Å². The van der Waals surface area contributed by atoms with E-state index < -0.39 is 18.1 Å². The number of aromatic nitrogens is 2. The Bertz CT molecular complexity index is 682. The van der Waals surface area contributed by atoms with Crippen molar-refractivity contribution in [2.75, 3.05) is 0 Å². The molecule has 0 aliphatic carbocycles. The van der Waals surface area contributed by atoms with Crippen molar-refractivity contribution in [2.24, 2.45) is 0 Å². The van der Waals surface area contributed by atoms with Gasteiger partial charge < -0.3 is 9.67 Å². The summed E-state index contributed by atoms with van der Waals surface area (Å²) in [5.74, 6) is -1.02. The maximum absolute atomic E-state index is 11.6. The molecule has 2 rings (SSSR count). The van der Waals surface area contributed by atoms with Crippen molar-refractivity contribution in [3.05, 3.63) is 54.1 Å². The molecule has 2 N–H and O–H groups in total. The molecule has 0 fully saturated rings. The average Bonchev–Trinajstić information content (AvgIpc) is 2.98. The molecule has 0 radical (unpaired) electrons. The lowest BCUT2D eigenvalue weighted by Gasteiger charge is -2.20. The van der Waals surface area contributed by atoms with Crippen LogP contribution in [0.3, 0.4) is 0 Å². The molecule has 2 aromatic rings. The molecule has 0 amide bonds. The van der Waals surface area contributed by atoms with Gasteiger partial charge in [0.05, 0.1) is 12.4 Å². The summed E-state index contributed by atoms with van der Waals surface area (Å²) in [7, 11) is 0. The monoisotopic (exact) mass is 329 g/mol. The van der Waals surface area contributed by atoms with E-state index in [-0.39, 0.29) is 12.2 Å². The van der Waals surface area contributed by atoms with Gasteiger partial charge >= 0.3 is 5.97 Å². The zero-order valence-electron chi connectivity index (χ0n) is 14.0. The second-order valence-electron chi connectivity index (χ2n) is 5.83. The Morgan fingerprint density at radius 3 is 2.54 bits per heavy atom. The highest BCUT2D eigenvalue weighted by molar-refractivity contribution is 5.82. The van der Waals surface area contributed by atoms with Crippen molar-refractivity contribution < 1.29 is 14.7 Å². The predicted molar refractivity (Wildman–Crippen MR) is 90.8 cm³/mol. The van der Waals surface area contributed by atoms with Crippen LogP contribution in [0.2, 0.25) is 0 Å². The van der Waals surface area contributed by atoms with Gasteiger partial charge in [0.15, 0.2) is 0 Å². The van der Waals surface area contributed by atoms with Crippen LogP contribution in [0.1, 0.15) is 31.5 Å². The van der Waals surface area contributed by atoms with Crippen LogP contribution in [-0.2, 0) is 22.6 Å². The first-order valence-corrected chi connectivity index (χ1v) is 8.03. The molecule has 1 unspecified atom stereocenters. The zero-order valence-corrected chi connectivity index (χ0v) is 14.0. The molecule has 24 heavy (non-hydrogen) atoms. The highest BCUT2D eigenvalue weighted by Crippen LogP contribution is 2.10. The summed E-state index contributed by atoms with van der Waals surface area (Å²) in [6.45, 7) is 3.96. The van der Waals surface area contributed by atoms with E-state index in [4.69, 9.17) is 0 Å². The Balaban J connectivity index is 2.11. The highest BCUT2D eigenvalue weighted by atomic mass is 16.4. The van der Waals surface area contributed by atoms with E-state index in [1.54, 1.807) is 12.5 Å². The van der Waals surface area contributed by atoms with Crippen LogP contribution in [0, 0.1) is 0 Å². The molecular weight excluding hydrogens is 306 g/mol. The summed E-state index contributed by atoms with van der Waals surface area (Å²) in [5.41, 5.74) is 1.93. The summed E-state index contributed by atoms with van der Waals surface area (Å²) in [6.07, 6.45) is 4.20. The molecule has 1 aromatic heterocycles. The van der Waals surface area contributed by atoms with Gasteiger partial charge in [-0.3, -0.25) is 14.9 Å². The maximum Gasteiger partial charge on any atom is 0.321 e. The number of ketones is 1. The van der Waals surface area contributed by atoms with Crippen LogP contribution < -0.4 is 5.32 Å². The molecule has 2 atom stereocenters. The van der Waals surface area contributed by atoms with Crippen LogP contribution in [0.15, 0.2) is 42.9 Å². The molecule has 0 aliphatic heterocycles. The second-order valence-corrected chi connectivity index (χ2v) is 5.83. The zero-order chi connectivity index (χ0) is 17.5. The Morgan fingerprint density at radius 2 is 1.96 bits per heavy atom. The highest BCUT2D eigenvalue weighted by Gasteiger charge is 2.24. The molecule has 0 bridgehead atoms. The van der Waals surface area contributed by atoms with Crippen molar-refractivity contribution in [3.8, 4) is 0 Å². The van der Waals surface area contributed by atoms with Crippen molar-refractivity contribution in [1.29, 1.82) is 0 Å². The number of carbonyl (C=O) groups is 2. The molecule has 0 spiro atoms. The van der Waals surface area contributed by atoms with Crippen molar-refractivity contribution in [3.63, 3.8) is 0 Å². The number of Topliss-reactive ketones (excluding diaryl/α,β-unsaturated/α-hetero) is 1. The number of hydrogen-bond acceptors (Lipinski definition) is 4. The second kappa shape index (κ2) is 8.40. The minimum Gasteiger partial charge on any atom is -0.480 e. The Morgan fingerprint density at radius 1 is 1.25 bits per heavy atom. The van der Waals surface area contributed by atoms with Gasteiger partial charge in [0.25, 0.3) is 0 Å². The number of carbonyl (C=O) groups excluding carboxylic acids is 1. The molecule has 1 heterocycles. The normalized spacial score (nSPS) is 13.4. The first-order chi connectivity index (χ1) is 11.5. The van der Waals surface area contributed by atoms with E-state index in [0.717, 1.165) is 11.3 Å². The smallest absolute Gasteiger partial charge is 0.321 e. The Kier molecular flexibility index (Phi) is 6.26. The number of nitrogens with one attached hydrogen (secondary N) is 1. The number of rotatable bonds is 9. The molecule has 0 saturated carbocycles. The summed E-state index contributed by atoms with van der Waals surface area (Å²) >= 11 is 0. The minimum absolute atomic E-state index is 0.0541. The van der Waals surface area contributed by atoms with Gasteiger partial charge in [0, 0.05) is 24.9 Å². The third-order valence-corrected chi connectivity index (χ3v) is 4.01. The minimum atomic E-state index is -0.970. The molecule has 6 heteroatoms. The molecular formula is C18H23N3O3. The summed E-state index contributed by atoms with van der Waals surface area (Å²) in [4.78, 5) is 27.3. The van der Waals surface area contributed by atoms with Crippen LogP contribution in [0.25, 0.3) is 0 Å². The number of hydrogen-bond donors (Lipinski definition) is 2. The first-order valence-electron chi connectivity index (χ1n) is 8.03. The lowest BCUT2D eigenvalue weighted by molar-refractivity contribution is -0.139.